The van der Waals surface area contributed by atoms with E-state index in [4.69, 9.17) is 15.1 Å². The second-order valence-corrected chi connectivity index (χ2v) is 4.77. The third-order valence-electron chi connectivity index (χ3n) is 3.50. The zero-order valence-electron chi connectivity index (χ0n) is 11.2. The average Bonchev–Trinajstić information content (AvgIpc) is 2.88. The van der Waals surface area contributed by atoms with E-state index < -0.39 is 11.9 Å². The number of nitriles is 1. The molecule has 6 nitrogen and oxygen atoms in total. The fraction of sp³-hybridized carbons (Fsp3) is 0.769. The molecule has 0 spiro atoms. The van der Waals surface area contributed by atoms with Crippen LogP contribution >= 0.6 is 0 Å². The SMILES string of the molecule is COCCN(CCC#N)C(=O)C1CCC(C(=O)O)C1. The lowest BCUT2D eigenvalue weighted by molar-refractivity contribution is -0.141. The van der Waals surface area contributed by atoms with Crippen molar-refractivity contribution in [2.24, 2.45) is 11.8 Å². The Kier molecular flexibility index (Phi) is 6.30. The first kappa shape index (κ1) is 15.4. The first-order chi connectivity index (χ1) is 9.10. The van der Waals surface area contributed by atoms with Gasteiger partial charge in [0.05, 0.1) is 25.0 Å². The predicted octanol–water partition coefficient (Wildman–Crippen LogP) is 0.876. The van der Waals surface area contributed by atoms with E-state index in [1.165, 1.54) is 0 Å². The highest BCUT2D eigenvalue weighted by Gasteiger charge is 2.35. The van der Waals surface area contributed by atoms with Gasteiger partial charge in [0, 0.05) is 26.1 Å². The average molecular weight is 268 g/mol. The highest BCUT2D eigenvalue weighted by molar-refractivity contribution is 5.81. The van der Waals surface area contributed by atoms with Gasteiger partial charge in [-0.25, -0.2) is 0 Å². The molecule has 1 amide bonds. The van der Waals surface area contributed by atoms with Crippen LogP contribution in [0, 0.1) is 23.2 Å². The molecule has 0 aromatic carbocycles. The van der Waals surface area contributed by atoms with E-state index in [0.29, 0.717) is 39.0 Å². The van der Waals surface area contributed by atoms with Crippen molar-refractivity contribution in [3.63, 3.8) is 0 Å². The summed E-state index contributed by atoms with van der Waals surface area (Å²) in [6.07, 6.45) is 1.86. The van der Waals surface area contributed by atoms with Gasteiger partial charge in [-0.1, -0.05) is 0 Å². The van der Waals surface area contributed by atoms with Gasteiger partial charge in [0.15, 0.2) is 0 Å². The Morgan fingerprint density at radius 1 is 1.37 bits per heavy atom. The third-order valence-corrected chi connectivity index (χ3v) is 3.50. The molecule has 1 saturated carbocycles. The lowest BCUT2D eigenvalue weighted by Crippen LogP contribution is -2.38. The van der Waals surface area contributed by atoms with Crippen LogP contribution in [0.4, 0.5) is 0 Å². The van der Waals surface area contributed by atoms with E-state index in [1.807, 2.05) is 6.07 Å². The van der Waals surface area contributed by atoms with Crippen LogP contribution < -0.4 is 0 Å². The van der Waals surface area contributed by atoms with Crippen molar-refractivity contribution < 1.29 is 19.4 Å². The number of carboxylic acids is 1. The van der Waals surface area contributed by atoms with E-state index in [1.54, 1.807) is 12.0 Å². The number of carbonyl (C=O) groups is 2. The summed E-state index contributed by atoms with van der Waals surface area (Å²) in [5.74, 6) is -1.50. The number of carboxylic acid groups (broad SMARTS) is 1. The van der Waals surface area contributed by atoms with E-state index in [9.17, 15) is 9.59 Å². The molecule has 0 aromatic rings. The predicted molar refractivity (Wildman–Crippen MR) is 67.2 cm³/mol. The van der Waals surface area contributed by atoms with Crippen LogP contribution in [-0.4, -0.2) is 48.7 Å². The van der Waals surface area contributed by atoms with Crippen LogP contribution in [0.2, 0.25) is 0 Å². The number of hydrogen-bond acceptors (Lipinski definition) is 4. The molecule has 1 N–H and O–H groups in total. The number of carbonyl (C=O) groups excluding carboxylic acids is 1. The summed E-state index contributed by atoms with van der Waals surface area (Å²) in [6.45, 7) is 1.25. The molecule has 1 fully saturated rings. The number of ether oxygens (including phenoxy) is 1. The van der Waals surface area contributed by atoms with Crippen molar-refractivity contribution >= 4 is 11.9 Å². The number of methoxy groups -OCH3 is 1. The fourth-order valence-electron chi connectivity index (χ4n) is 2.41. The summed E-state index contributed by atoms with van der Waals surface area (Å²) >= 11 is 0. The summed E-state index contributed by atoms with van der Waals surface area (Å²) in [7, 11) is 1.56. The molecule has 6 heteroatoms. The summed E-state index contributed by atoms with van der Waals surface area (Å²) in [4.78, 5) is 24.8. The van der Waals surface area contributed by atoms with Gasteiger partial charge in [-0.2, -0.15) is 5.26 Å². The van der Waals surface area contributed by atoms with Gasteiger partial charge >= 0.3 is 5.97 Å². The highest BCUT2D eigenvalue weighted by Crippen LogP contribution is 2.32. The van der Waals surface area contributed by atoms with Crippen molar-refractivity contribution in [2.75, 3.05) is 26.8 Å². The maximum absolute atomic E-state index is 12.3. The summed E-state index contributed by atoms with van der Waals surface area (Å²) in [5, 5.41) is 17.6. The van der Waals surface area contributed by atoms with E-state index in [0.717, 1.165) is 0 Å². The topological polar surface area (TPSA) is 90.6 Å². The van der Waals surface area contributed by atoms with Gasteiger partial charge in [-0.3, -0.25) is 9.59 Å². The third kappa shape index (κ3) is 4.52. The van der Waals surface area contributed by atoms with Crippen molar-refractivity contribution in [3.05, 3.63) is 0 Å². The molecule has 1 aliphatic carbocycles. The first-order valence-corrected chi connectivity index (χ1v) is 6.47. The molecule has 0 heterocycles. The Balaban J connectivity index is 2.56. The smallest absolute Gasteiger partial charge is 0.306 e. The quantitative estimate of drug-likeness (QED) is 0.740. The lowest BCUT2D eigenvalue weighted by Gasteiger charge is -2.24. The Morgan fingerprint density at radius 2 is 2.05 bits per heavy atom. The van der Waals surface area contributed by atoms with Gasteiger partial charge < -0.3 is 14.7 Å². The van der Waals surface area contributed by atoms with Gasteiger partial charge in [0.1, 0.15) is 0 Å². The maximum atomic E-state index is 12.3. The number of rotatable bonds is 7. The van der Waals surface area contributed by atoms with Crippen molar-refractivity contribution in [3.8, 4) is 6.07 Å². The molecule has 0 bridgehead atoms. The normalized spacial score (nSPS) is 21.9. The summed E-state index contributed by atoms with van der Waals surface area (Å²) in [5.41, 5.74) is 0. The summed E-state index contributed by atoms with van der Waals surface area (Å²) in [6, 6.07) is 2.02. The van der Waals surface area contributed by atoms with Crippen LogP contribution in [0.3, 0.4) is 0 Å². The minimum absolute atomic E-state index is 0.0453. The molecule has 0 saturated heterocycles. The first-order valence-electron chi connectivity index (χ1n) is 6.47. The Morgan fingerprint density at radius 3 is 2.58 bits per heavy atom. The number of amides is 1. The lowest BCUT2D eigenvalue weighted by atomic mass is 10.0. The van der Waals surface area contributed by atoms with E-state index in [-0.39, 0.29) is 18.2 Å². The minimum atomic E-state index is -0.823. The van der Waals surface area contributed by atoms with E-state index in [2.05, 4.69) is 0 Å². The van der Waals surface area contributed by atoms with Crippen LogP contribution in [-0.2, 0) is 14.3 Å². The number of nitrogens with zero attached hydrogens (tertiary/aromatic N) is 2. The number of hydrogen-bond donors (Lipinski definition) is 1. The molecule has 19 heavy (non-hydrogen) atoms. The molecule has 0 aliphatic heterocycles. The molecular weight excluding hydrogens is 248 g/mol. The summed E-state index contributed by atoms with van der Waals surface area (Å²) < 4.78 is 4.95. The van der Waals surface area contributed by atoms with Crippen molar-refractivity contribution in [1.29, 1.82) is 5.26 Å². The molecule has 1 aliphatic rings. The molecule has 2 atom stereocenters. The van der Waals surface area contributed by atoms with Crippen LogP contribution in [0.5, 0.6) is 0 Å². The molecule has 1 rings (SSSR count). The fourth-order valence-corrected chi connectivity index (χ4v) is 2.41. The minimum Gasteiger partial charge on any atom is -0.481 e. The molecule has 0 aromatic heterocycles. The second-order valence-electron chi connectivity index (χ2n) is 4.77. The standard InChI is InChI=1S/C13H20N2O4/c1-19-8-7-15(6-2-5-14)12(16)10-3-4-11(9-10)13(17)18/h10-11H,2-4,6-9H2,1H3,(H,17,18). The van der Waals surface area contributed by atoms with E-state index >= 15 is 0 Å². The zero-order valence-corrected chi connectivity index (χ0v) is 11.2. The maximum Gasteiger partial charge on any atom is 0.306 e. The van der Waals surface area contributed by atoms with Crippen LogP contribution in [0.15, 0.2) is 0 Å². The molecule has 2 unspecified atom stereocenters. The van der Waals surface area contributed by atoms with Gasteiger partial charge in [-0.05, 0) is 19.3 Å². The van der Waals surface area contributed by atoms with Crippen molar-refractivity contribution in [2.45, 2.75) is 25.7 Å². The van der Waals surface area contributed by atoms with Gasteiger partial charge in [0.25, 0.3) is 0 Å². The monoisotopic (exact) mass is 268 g/mol. The largest absolute Gasteiger partial charge is 0.481 e. The molecule has 0 radical (unpaired) electrons. The second kappa shape index (κ2) is 7.74. The Labute approximate surface area is 112 Å². The van der Waals surface area contributed by atoms with Gasteiger partial charge in [-0.15, -0.1) is 0 Å². The van der Waals surface area contributed by atoms with Crippen LogP contribution in [0.25, 0.3) is 0 Å². The zero-order chi connectivity index (χ0) is 14.3. The Bertz CT molecular complexity index is 364. The number of aliphatic carboxylic acids is 1. The molecule has 106 valence electrons. The van der Waals surface area contributed by atoms with Gasteiger partial charge in [0.2, 0.25) is 5.91 Å². The molecular formula is C13H20N2O4. The highest BCUT2D eigenvalue weighted by atomic mass is 16.5. The van der Waals surface area contributed by atoms with Crippen LogP contribution in [0.1, 0.15) is 25.7 Å². The van der Waals surface area contributed by atoms with Crippen molar-refractivity contribution in [1.82, 2.24) is 4.90 Å². The Hall–Kier alpha value is -1.61.